The van der Waals surface area contributed by atoms with Crippen molar-refractivity contribution >= 4 is 9.84 Å². The standard InChI is InChI=1S/C24H34O8S/c1-13(2)29-21-17(25)9-11-19(23(21)31-15(5)6)33(27,28)20-12-10-18(26)22(30-14(3)4)24(20)32-16(7)8/h9-16,25-26H,1-8H3. The van der Waals surface area contributed by atoms with Crippen LogP contribution in [-0.2, 0) is 9.84 Å². The average Bonchev–Trinajstić information content (AvgIpc) is 2.66. The fourth-order valence-electron chi connectivity index (χ4n) is 3.00. The predicted molar refractivity (Wildman–Crippen MR) is 125 cm³/mol. The van der Waals surface area contributed by atoms with Crippen LogP contribution in [0.5, 0.6) is 34.5 Å². The number of ether oxygens (including phenoxy) is 4. The summed E-state index contributed by atoms with van der Waals surface area (Å²) < 4.78 is 50.9. The van der Waals surface area contributed by atoms with Gasteiger partial charge in [-0.3, -0.25) is 0 Å². The molecule has 8 nitrogen and oxygen atoms in total. The van der Waals surface area contributed by atoms with E-state index in [4.69, 9.17) is 18.9 Å². The first-order chi connectivity index (χ1) is 15.2. The summed E-state index contributed by atoms with van der Waals surface area (Å²) in [4.78, 5) is -0.418. The monoisotopic (exact) mass is 482 g/mol. The smallest absolute Gasteiger partial charge is 0.214 e. The molecule has 0 radical (unpaired) electrons. The molecule has 2 rings (SSSR count). The van der Waals surface area contributed by atoms with Crippen molar-refractivity contribution < 1.29 is 37.6 Å². The molecule has 9 heteroatoms. The van der Waals surface area contributed by atoms with Gasteiger partial charge in [-0.1, -0.05) is 0 Å². The number of phenolic OH excluding ortho intramolecular Hbond substituents is 2. The molecule has 0 aromatic heterocycles. The van der Waals surface area contributed by atoms with Crippen molar-refractivity contribution in [2.75, 3.05) is 0 Å². The molecule has 184 valence electrons. The van der Waals surface area contributed by atoms with Gasteiger partial charge in [0, 0.05) is 0 Å². The van der Waals surface area contributed by atoms with E-state index in [1.54, 1.807) is 55.4 Å². The van der Waals surface area contributed by atoms with Gasteiger partial charge in [-0.05, 0) is 79.7 Å². The molecule has 0 saturated carbocycles. The predicted octanol–water partition coefficient (Wildman–Crippen LogP) is 5.08. The highest BCUT2D eigenvalue weighted by Crippen LogP contribution is 2.48. The molecule has 0 aliphatic heterocycles. The van der Waals surface area contributed by atoms with Crippen LogP contribution in [0.15, 0.2) is 34.1 Å². The summed E-state index contributed by atoms with van der Waals surface area (Å²) in [7, 11) is -4.27. The zero-order chi connectivity index (χ0) is 25.1. The number of aromatic hydroxyl groups is 2. The van der Waals surface area contributed by atoms with Gasteiger partial charge in [0.15, 0.2) is 23.0 Å². The van der Waals surface area contributed by atoms with Crippen LogP contribution in [0.25, 0.3) is 0 Å². The molecule has 0 saturated heterocycles. The fraction of sp³-hybridized carbons (Fsp3) is 0.500. The minimum absolute atomic E-state index is 0.0662. The Kier molecular flexibility index (Phi) is 8.35. The molecule has 0 bridgehead atoms. The Bertz CT molecular complexity index is 993. The Morgan fingerprint density at radius 2 is 0.818 bits per heavy atom. The van der Waals surface area contributed by atoms with E-state index >= 15 is 0 Å². The van der Waals surface area contributed by atoms with Crippen LogP contribution in [0.3, 0.4) is 0 Å². The molecule has 0 heterocycles. The van der Waals surface area contributed by atoms with E-state index in [9.17, 15) is 18.6 Å². The quantitative estimate of drug-likeness (QED) is 0.482. The van der Waals surface area contributed by atoms with Gasteiger partial charge in [0.05, 0.1) is 24.4 Å². The van der Waals surface area contributed by atoms with Crippen molar-refractivity contribution in [3.05, 3.63) is 24.3 Å². The maximum Gasteiger partial charge on any atom is 0.214 e. The first-order valence-electron chi connectivity index (χ1n) is 10.9. The number of hydrogen-bond donors (Lipinski definition) is 2. The van der Waals surface area contributed by atoms with E-state index in [-0.39, 0.29) is 56.5 Å². The van der Waals surface area contributed by atoms with Crippen molar-refractivity contribution in [3.8, 4) is 34.5 Å². The molecule has 0 aliphatic carbocycles. The van der Waals surface area contributed by atoms with Gasteiger partial charge in [-0.15, -0.1) is 0 Å². The zero-order valence-electron chi connectivity index (χ0n) is 20.4. The van der Waals surface area contributed by atoms with Crippen LogP contribution in [0.1, 0.15) is 55.4 Å². The summed E-state index contributed by atoms with van der Waals surface area (Å²) in [5, 5.41) is 20.8. The molecule has 2 N–H and O–H groups in total. The lowest BCUT2D eigenvalue weighted by atomic mass is 10.2. The van der Waals surface area contributed by atoms with Crippen LogP contribution in [0.4, 0.5) is 0 Å². The van der Waals surface area contributed by atoms with Gasteiger partial charge in [0.1, 0.15) is 9.79 Å². The molecular weight excluding hydrogens is 448 g/mol. The second-order valence-corrected chi connectivity index (χ2v) is 10.5. The van der Waals surface area contributed by atoms with E-state index in [2.05, 4.69) is 0 Å². The third-order valence-electron chi connectivity index (χ3n) is 4.10. The van der Waals surface area contributed by atoms with Gasteiger partial charge >= 0.3 is 0 Å². The van der Waals surface area contributed by atoms with Gasteiger partial charge in [0.25, 0.3) is 0 Å². The van der Waals surface area contributed by atoms with E-state index in [0.717, 1.165) is 0 Å². The van der Waals surface area contributed by atoms with E-state index in [1.807, 2.05) is 0 Å². The summed E-state index contributed by atoms with van der Waals surface area (Å²) in [6.45, 7) is 14.0. The van der Waals surface area contributed by atoms with Crippen molar-refractivity contribution in [1.82, 2.24) is 0 Å². The maximum absolute atomic E-state index is 13.9. The number of hydrogen-bond acceptors (Lipinski definition) is 8. The third kappa shape index (κ3) is 6.16. The number of sulfone groups is 1. The van der Waals surface area contributed by atoms with Crippen molar-refractivity contribution in [1.29, 1.82) is 0 Å². The lowest BCUT2D eigenvalue weighted by Crippen LogP contribution is -2.16. The Hall–Kier alpha value is -2.81. The van der Waals surface area contributed by atoms with Crippen molar-refractivity contribution in [2.45, 2.75) is 89.6 Å². The Morgan fingerprint density at radius 1 is 0.545 bits per heavy atom. The molecule has 0 amide bonds. The Labute approximate surface area is 196 Å². The normalized spacial score (nSPS) is 12.0. The molecule has 0 atom stereocenters. The van der Waals surface area contributed by atoms with Crippen molar-refractivity contribution in [2.24, 2.45) is 0 Å². The van der Waals surface area contributed by atoms with E-state index in [1.165, 1.54) is 24.3 Å². The molecule has 0 fully saturated rings. The highest BCUT2D eigenvalue weighted by molar-refractivity contribution is 7.91. The van der Waals surface area contributed by atoms with Crippen LogP contribution >= 0.6 is 0 Å². The lowest BCUT2D eigenvalue weighted by Gasteiger charge is -2.23. The summed E-state index contributed by atoms with van der Waals surface area (Å²) in [5.41, 5.74) is 0. The summed E-state index contributed by atoms with van der Waals surface area (Å²) in [6, 6.07) is 4.99. The minimum atomic E-state index is -4.27. The molecule has 2 aromatic rings. The lowest BCUT2D eigenvalue weighted by molar-refractivity contribution is 0.186. The second-order valence-electron chi connectivity index (χ2n) is 8.65. The van der Waals surface area contributed by atoms with Crippen LogP contribution in [0.2, 0.25) is 0 Å². The molecule has 33 heavy (non-hydrogen) atoms. The Balaban J connectivity index is 2.86. The van der Waals surface area contributed by atoms with Crippen LogP contribution < -0.4 is 18.9 Å². The highest BCUT2D eigenvalue weighted by Gasteiger charge is 2.33. The molecular formula is C24H34O8S. The summed E-state index contributed by atoms with van der Waals surface area (Å²) in [6.07, 6.45) is -1.49. The van der Waals surface area contributed by atoms with Crippen molar-refractivity contribution in [3.63, 3.8) is 0 Å². The zero-order valence-corrected chi connectivity index (χ0v) is 21.2. The molecule has 0 aliphatic rings. The number of benzene rings is 2. The van der Waals surface area contributed by atoms with Gasteiger partial charge in [-0.25, -0.2) is 8.42 Å². The summed E-state index contributed by atoms with van der Waals surface area (Å²) >= 11 is 0. The highest BCUT2D eigenvalue weighted by atomic mass is 32.2. The minimum Gasteiger partial charge on any atom is -0.504 e. The SMILES string of the molecule is CC(C)Oc1c(O)ccc(S(=O)(=O)c2ccc(O)c(OC(C)C)c2OC(C)C)c1OC(C)C. The second kappa shape index (κ2) is 10.4. The van der Waals surface area contributed by atoms with E-state index < -0.39 is 22.0 Å². The molecule has 2 aromatic carbocycles. The average molecular weight is 483 g/mol. The number of phenols is 2. The molecule has 0 unspecified atom stereocenters. The third-order valence-corrected chi connectivity index (χ3v) is 5.90. The molecule has 0 spiro atoms. The van der Waals surface area contributed by atoms with E-state index in [0.29, 0.717) is 0 Å². The van der Waals surface area contributed by atoms with Gasteiger partial charge < -0.3 is 29.2 Å². The maximum atomic E-state index is 13.9. The van der Waals surface area contributed by atoms with Crippen LogP contribution in [0, 0.1) is 0 Å². The van der Waals surface area contributed by atoms with Gasteiger partial charge in [0.2, 0.25) is 21.3 Å². The largest absolute Gasteiger partial charge is 0.504 e. The first kappa shape index (κ1) is 26.4. The number of rotatable bonds is 10. The van der Waals surface area contributed by atoms with Crippen LogP contribution in [-0.4, -0.2) is 43.0 Å². The summed E-state index contributed by atoms with van der Waals surface area (Å²) in [5.74, 6) is -0.827. The topological polar surface area (TPSA) is 112 Å². The Morgan fingerprint density at radius 3 is 1.09 bits per heavy atom. The van der Waals surface area contributed by atoms with Gasteiger partial charge in [-0.2, -0.15) is 0 Å². The first-order valence-corrected chi connectivity index (χ1v) is 12.4. The fourth-order valence-corrected chi connectivity index (χ4v) is 4.50.